The zero-order valence-electron chi connectivity index (χ0n) is 16.0. The fourth-order valence-corrected chi connectivity index (χ4v) is 3.82. The average molecular weight is 403 g/mol. The summed E-state index contributed by atoms with van der Waals surface area (Å²) in [6.45, 7) is 7.16. The predicted molar refractivity (Wildman–Crippen MR) is 108 cm³/mol. The van der Waals surface area contributed by atoms with Crippen LogP contribution in [0.3, 0.4) is 0 Å². The van der Waals surface area contributed by atoms with E-state index in [2.05, 4.69) is 17.0 Å². The summed E-state index contributed by atoms with van der Waals surface area (Å²) in [6.07, 6.45) is 0.887. The number of hydrogen-bond donors (Lipinski definition) is 0. The molecule has 0 bridgehead atoms. The molecule has 1 aromatic heterocycles. The largest absolute Gasteiger partial charge is 0.490 e. The molecule has 28 heavy (non-hydrogen) atoms. The number of rotatable bonds is 6. The van der Waals surface area contributed by atoms with Crippen LogP contribution in [0.1, 0.15) is 25.0 Å². The number of fused-ring (bicyclic) bond motifs is 2. The highest BCUT2D eigenvalue weighted by atomic mass is 35.5. The molecule has 4 rings (SSSR count). The van der Waals surface area contributed by atoms with Crippen LogP contribution >= 0.6 is 11.6 Å². The molecule has 1 aliphatic heterocycles. The van der Waals surface area contributed by atoms with Gasteiger partial charge in [0.15, 0.2) is 17.1 Å². The highest BCUT2D eigenvalue weighted by Crippen LogP contribution is 2.34. The van der Waals surface area contributed by atoms with E-state index in [1.165, 1.54) is 11.1 Å². The second-order valence-electron chi connectivity index (χ2n) is 6.79. The maximum atomic E-state index is 12.3. The molecule has 0 spiro atoms. The number of nitrogens with zero attached hydrogens (tertiary/aromatic N) is 2. The first-order chi connectivity index (χ1) is 13.6. The lowest BCUT2D eigenvalue weighted by Crippen LogP contribution is -2.35. The summed E-state index contributed by atoms with van der Waals surface area (Å²) < 4.78 is 18.5. The van der Waals surface area contributed by atoms with Gasteiger partial charge in [-0.1, -0.05) is 11.6 Å². The van der Waals surface area contributed by atoms with Crippen LogP contribution in [0.2, 0.25) is 5.02 Å². The van der Waals surface area contributed by atoms with Crippen molar-refractivity contribution in [3.05, 3.63) is 57.0 Å². The Morgan fingerprint density at radius 1 is 1.07 bits per heavy atom. The molecule has 0 N–H and O–H groups in total. The Kier molecular flexibility index (Phi) is 5.33. The van der Waals surface area contributed by atoms with Gasteiger partial charge >= 0.3 is 5.76 Å². The minimum Gasteiger partial charge on any atom is -0.490 e. The summed E-state index contributed by atoms with van der Waals surface area (Å²) in [5.41, 5.74) is 3.72. The van der Waals surface area contributed by atoms with Gasteiger partial charge in [-0.25, -0.2) is 4.79 Å². The van der Waals surface area contributed by atoms with Gasteiger partial charge in [-0.05, 0) is 55.7 Å². The van der Waals surface area contributed by atoms with Crippen molar-refractivity contribution in [2.45, 2.75) is 33.5 Å². The Hall–Kier alpha value is -2.44. The van der Waals surface area contributed by atoms with Crippen molar-refractivity contribution in [2.75, 3.05) is 19.8 Å². The first-order valence-corrected chi connectivity index (χ1v) is 9.89. The van der Waals surface area contributed by atoms with E-state index >= 15 is 0 Å². The maximum Gasteiger partial charge on any atom is 0.421 e. The number of halogens is 1. The summed E-state index contributed by atoms with van der Waals surface area (Å²) in [5, 5.41) is 0.550. The standard InChI is InChI=1S/C21H23ClN2O4/c1-3-26-19-9-14-7-8-23(12-15(14)10-20(19)27-4-2)13-24-17-6-5-16(22)11-18(17)28-21(24)25/h5-6,9-11H,3-4,7-8,12-13H2,1-2H3. The van der Waals surface area contributed by atoms with Gasteiger partial charge in [-0.2, -0.15) is 0 Å². The fraction of sp³-hybridized carbons (Fsp3) is 0.381. The molecule has 0 fully saturated rings. The normalized spacial score (nSPS) is 14.2. The maximum absolute atomic E-state index is 12.3. The van der Waals surface area contributed by atoms with Gasteiger partial charge in [0.2, 0.25) is 0 Å². The minimum absolute atomic E-state index is 0.371. The molecule has 0 atom stereocenters. The van der Waals surface area contributed by atoms with Gasteiger partial charge in [0.25, 0.3) is 0 Å². The highest BCUT2D eigenvalue weighted by Gasteiger charge is 2.21. The second-order valence-corrected chi connectivity index (χ2v) is 7.22. The molecule has 148 valence electrons. The fourth-order valence-electron chi connectivity index (χ4n) is 3.65. The monoisotopic (exact) mass is 402 g/mol. The van der Waals surface area contributed by atoms with Gasteiger partial charge in [0.1, 0.15) is 0 Å². The Labute approximate surface area is 168 Å². The summed E-state index contributed by atoms with van der Waals surface area (Å²) in [4.78, 5) is 14.5. The van der Waals surface area contributed by atoms with Gasteiger partial charge in [0.05, 0.1) is 25.4 Å². The molecule has 0 unspecified atom stereocenters. The van der Waals surface area contributed by atoms with Crippen LogP contribution in [0.4, 0.5) is 0 Å². The molecule has 0 amide bonds. The molecule has 0 aliphatic carbocycles. The van der Waals surface area contributed by atoms with Crippen LogP contribution < -0.4 is 15.2 Å². The molecule has 2 aromatic carbocycles. The van der Waals surface area contributed by atoms with E-state index in [1.54, 1.807) is 16.7 Å². The summed E-state index contributed by atoms with van der Waals surface area (Å²) >= 11 is 6.00. The van der Waals surface area contributed by atoms with Crippen molar-refractivity contribution in [1.29, 1.82) is 0 Å². The van der Waals surface area contributed by atoms with Gasteiger partial charge in [-0.3, -0.25) is 9.47 Å². The number of hydrogen-bond acceptors (Lipinski definition) is 5. The highest BCUT2D eigenvalue weighted by molar-refractivity contribution is 6.31. The number of ether oxygens (including phenoxy) is 2. The molecule has 0 saturated carbocycles. The molecular weight excluding hydrogens is 380 g/mol. The first kappa shape index (κ1) is 18.9. The number of oxazole rings is 1. The van der Waals surface area contributed by atoms with E-state index in [1.807, 2.05) is 19.9 Å². The van der Waals surface area contributed by atoms with Crippen molar-refractivity contribution in [3.63, 3.8) is 0 Å². The number of benzene rings is 2. The van der Waals surface area contributed by atoms with Gasteiger partial charge in [0, 0.05) is 24.2 Å². The van der Waals surface area contributed by atoms with Crippen molar-refractivity contribution in [3.8, 4) is 11.5 Å². The van der Waals surface area contributed by atoms with Gasteiger partial charge < -0.3 is 13.9 Å². The smallest absolute Gasteiger partial charge is 0.421 e. The zero-order valence-corrected chi connectivity index (χ0v) is 16.8. The molecule has 7 heteroatoms. The Bertz CT molecular complexity index is 1060. The van der Waals surface area contributed by atoms with Crippen molar-refractivity contribution in [2.24, 2.45) is 0 Å². The lowest BCUT2D eigenvalue weighted by molar-refractivity contribution is 0.195. The summed E-state index contributed by atoms with van der Waals surface area (Å²) in [7, 11) is 0. The molecular formula is C21H23ClN2O4. The third-order valence-corrected chi connectivity index (χ3v) is 5.16. The van der Waals surface area contributed by atoms with Crippen LogP contribution in [0.5, 0.6) is 11.5 Å². The minimum atomic E-state index is -0.371. The van der Waals surface area contributed by atoms with E-state index in [9.17, 15) is 4.79 Å². The van der Waals surface area contributed by atoms with Crippen LogP contribution in [0.15, 0.2) is 39.5 Å². The number of aromatic nitrogens is 1. The molecule has 3 aromatic rings. The second kappa shape index (κ2) is 7.89. The van der Waals surface area contributed by atoms with E-state index in [0.29, 0.717) is 30.5 Å². The van der Waals surface area contributed by atoms with Crippen LogP contribution in [-0.4, -0.2) is 29.2 Å². The molecule has 0 radical (unpaired) electrons. The Balaban J connectivity index is 1.60. The Morgan fingerprint density at radius 3 is 2.50 bits per heavy atom. The molecule has 6 nitrogen and oxygen atoms in total. The predicted octanol–water partition coefficient (Wildman–Crippen LogP) is 4.06. The van der Waals surface area contributed by atoms with Crippen LogP contribution in [0, 0.1) is 0 Å². The Morgan fingerprint density at radius 2 is 1.79 bits per heavy atom. The van der Waals surface area contributed by atoms with Crippen LogP contribution in [-0.2, 0) is 19.6 Å². The summed E-state index contributed by atoms with van der Waals surface area (Å²) in [5.74, 6) is 1.20. The van der Waals surface area contributed by atoms with E-state index in [-0.39, 0.29) is 5.76 Å². The zero-order chi connectivity index (χ0) is 19.7. The van der Waals surface area contributed by atoms with E-state index < -0.39 is 0 Å². The van der Waals surface area contributed by atoms with Crippen molar-refractivity contribution >= 4 is 22.7 Å². The quantitative estimate of drug-likeness (QED) is 0.622. The van der Waals surface area contributed by atoms with E-state index in [0.717, 1.165) is 36.5 Å². The topological polar surface area (TPSA) is 56.8 Å². The average Bonchev–Trinajstić information content (AvgIpc) is 2.97. The molecule has 1 aliphatic rings. The lowest BCUT2D eigenvalue weighted by atomic mass is 9.99. The first-order valence-electron chi connectivity index (χ1n) is 9.51. The van der Waals surface area contributed by atoms with Gasteiger partial charge in [-0.15, -0.1) is 0 Å². The van der Waals surface area contributed by atoms with Crippen molar-refractivity contribution in [1.82, 2.24) is 9.47 Å². The summed E-state index contributed by atoms with van der Waals surface area (Å²) in [6, 6.07) is 9.41. The molecule has 0 saturated heterocycles. The van der Waals surface area contributed by atoms with Crippen LogP contribution in [0.25, 0.3) is 11.1 Å². The van der Waals surface area contributed by atoms with Crippen molar-refractivity contribution < 1.29 is 13.9 Å². The lowest BCUT2D eigenvalue weighted by Gasteiger charge is -2.29. The third kappa shape index (κ3) is 3.62. The third-order valence-electron chi connectivity index (χ3n) is 4.93. The SMILES string of the molecule is CCOc1cc2c(cc1OCC)CN(Cn1c(=O)oc3cc(Cl)ccc31)CC2. The molecule has 2 heterocycles. The van der Waals surface area contributed by atoms with E-state index in [4.69, 9.17) is 25.5 Å².